The number of halogens is 1. The van der Waals surface area contributed by atoms with Gasteiger partial charge in [0.2, 0.25) is 5.95 Å². The van der Waals surface area contributed by atoms with Crippen LogP contribution in [0, 0.1) is 0 Å². The summed E-state index contributed by atoms with van der Waals surface area (Å²) >= 11 is 7.63. The average molecular weight is 310 g/mol. The van der Waals surface area contributed by atoms with E-state index in [1.807, 2.05) is 36.7 Å². The molecule has 0 aliphatic heterocycles. The minimum Gasteiger partial charge on any atom is -0.353 e. The van der Waals surface area contributed by atoms with E-state index >= 15 is 0 Å². The molecular weight excluding hydrogens is 298 g/mol. The van der Waals surface area contributed by atoms with Crippen molar-refractivity contribution in [1.82, 2.24) is 9.97 Å². The van der Waals surface area contributed by atoms with Crippen molar-refractivity contribution in [3.8, 4) is 11.1 Å². The predicted molar refractivity (Wildman–Crippen MR) is 77.5 cm³/mol. The van der Waals surface area contributed by atoms with Gasteiger partial charge >= 0.3 is 0 Å². The molecule has 0 aliphatic carbocycles. The summed E-state index contributed by atoms with van der Waals surface area (Å²) in [5.41, 5.74) is 2.09. The van der Waals surface area contributed by atoms with Gasteiger partial charge in [-0.15, -0.1) is 0 Å². The zero-order chi connectivity index (χ0) is 12.1. The van der Waals surface area contributed by atoms with Crippen LogP contribution in [0.1, 0.15) is 0 Å². The number of hydrogen-bond acceptors (Lipinski definition) is 4. The standard InChI is InChI=1S/C12H12BrN3S/c13-11-4-2-1-3-10(11)9-7-15-12(16-8-9)14-5-6-17/h1-4,7-8,17H,5-6H2,(H,14,15,16). The normalized spacial score (nSPS) is 10.2. The zero-order valence-corrected chi connectivity index (χ0v) is 11.6. The lowest BCUT2D eigenvalue weighted by molar-refractivity contribution is 1.09. The molecule has 1 aromatic heterocycles. The third kappa shape index (κ3) is 3.20. The monoisotopic (exact) mass is 309 g/mol. The van der Waals surface area contributed by atoms with Gasteiger partial charge < -0.3 is 5.32 Å². The highest BCUT2D eigenvalue weighted by Gasteiger charge is 2.03. The van der Waals surface area contributed by atoms with E-state index in [1.165, 1.54) is 0 Å². The molecule has 3 nitrogen and oxygen atoms in total. The van der Waals surface area contributed by atoms with Crippen LogP contribution in [-0.4, -0.2) is 22.3 Å². The lowest BCUT2D eigenvalue weighted by Gasteiger charge is -2.05. The number of benzene rings is 1. The molecule has 17 heavy (non-hydrogen) atoms. The minimum atomic E-state index is 0.634. The highest BCUT2D eigenvalue weighted by atomic mass is 79.9. The van der Waals surface area contributed by atoms with Crippen LogP contribution in [0.5, 0.6) is 0 Å². The number of thiol groups is 1. The van der Waals surface area contributed by atoms with Gasteiger partial charge in [-0.3, -0.25) is 0 Å². The summed E-state index contributed by atoms with van der Waals surface area (Å²) in [7, 11) is 0. The Balaban J connectivity index is 2.21. The lowest BCUT2D eigenvalue weighted by Crippen LogP contribution is -2.05. The lowest BCUT2D eigenvalue weighted by atomic mass is 10.1. The van der Waals surface area contributed by atoms with Crippen molar-refractivity contribution in [1.29, 1.82) is 0 Å². The van der Waals surface area contributed by atoms with Crippen LogP contribution in [0.2, 0.25) is 0 Å². The molecule has 1 N–H and O–H groups in total. The van der Waals surface area contributed by atoms with Crippen molar-refractivity contribution in [3.63, 3.8) is 0 Å². The predicted octanol–water partition coefficient (Wildman–Crippen LogP) is 3.25. The Hall–Kier alpha value is -1.07. The fourth-order valence-corrected chi connectivity index (χ4v) is 2.05. The number of aromatic nitrogens is 2. The van der Waals surface area contributed by atoms with Crippen molar-refractivity contribution in [2.45, 2.75) is 0 Å². The Morgan fingerprint density at radius 3 is 2.53 bits per heavy atom. The van der Waals surface area contributed by atoms with Gasteiger partial charge in [0.25, 0.3) is 0 Å². The molecule has 2 rings (SSSR count). The van der Waals surface area contributed by atoms with Gasteiger partial charge in [-0.1, -0.05) is 34.1 Å². The summed E-state index contributed by atoms with van der Waals surface area (Å²) in [5.74, 6) is 1.39. The molecule has 0 fully saturated rings. The van der Waals surface area contributed by atoms with Crippen LogP contribution in [0.25, 0.3) is 11.1 Å². The maximum atomic E-state index is 4.26. The zero-order valence-electron chi connectivity index (χ0n) is 9.10. The highest BCUT2D eigenvalue weighted by Crippen LogP contribution is 2.26. The van der Waals surface area contributed by atoms with E-state index in [4.69, 9.17) is 0 Å². The summed E-state index contributed by atoms with van der Waals surface area (Å²) in [5, 5.41) is 3.08. The maximum absolute atomic E-state index is 4.26. The largest absolute Gasteiger partial charge is 0.353 e. The first-order valence-corrected chi connectivity index (χ1v) is 6.65. The highest BCUT2D eigenvalue weighted by molar-refractivity contribution is 9.10. The third-order valence-corrected chi connectivity index (χ3v) is 3.15. The van der Waals surface area contributed by atoms with Crippen LogP contribution in [-0.2, 0) is 0 Å². The Bertz CT molecular complexity index is 487. The molecule has 0 amide bonds. The quantitative estimate of drug-likeness (QED) is 0.851. The van der Waals surface area contributed by atoms with Crippen LogP contribution in [0.4, 0.5) is 5.95 Å². The minimum absolute atomic E-state index is 0.634. The van der Waals surface area contributed by atoms with Crippen molar-refractivity contribution in [2.24, 2.45) is 0 Å². The summed E-state index contributed by atoms with van der Waals surface area (Å²) in [6.07, 6.45) is 3.63. The molecule has 0 bridgehead atoms. The second-order valence-electron chi connectivity index (χ2n) is 3.43. The number of nitrogens with one attached hydrogen (secondary N) is 1. The molecule has 1 aromatic carbocycles. The summed E-state index contributed by atoms with van der Waals surface area (Å²) in [6, 6.07) is 8.01. The van der Waals surface area contributed by atoms with Crippen molar-refractivity contribution < 1.29 is 0 Å². The smallest absolute Gasteiger partial charge is 0.222 e. The molecule has 5 heteroatoms. The van der Waals surface area contributed by atoms with E-state index in [0.717, 1.165) is 27.9 Å². The Kier molecular flexibility index (Phi) is 4.39. The molecule has 1 heterocycles. The number of nitrogens with zero attached hydrogens (tertiary/aromatic N) is 2. The van der Waals surface area contributed by atoms with E-state index in [0.29, 0.717) is 5.95 Å². The van der Waals surface area contributed by atoms with Gasteiger partial charge in [0.05, 0.1) is 0 Å². The molecule has 0 radical (unpaired) electrons. The number of hydrogen-bond donors (Lipinski definition) is 2. The van der Waals surface area contributed by atoms with Gasteiger partial charge in [-0.05, 0) is 11.6 Å². The fourth-order valence-electron chi connectivity index (χ4n) is 1.42. The first-order valence-electron chi connectivity index (χ1n) is 5.23. The van der Waals surface area contributed by atoms with Crippen LogP contribution in [0.15, 0.2) is 41.1 Å². The van der Waals surface area contributed by atoms with Gasteiger partial charge in [-0.25, -0.2) is 9.97 Å². The van der Waals surface area contributed by atoms with Gasteiger partial charge in [0.1, 0.15) is 0 Å². The first kappa shape index (κ1) is 12.4. The van der Waals surface area contributed by atoms with Crippen molar-refractivity contribution in [3.05, 3.63) is 41.1 Å². The molecule has 0 atom stereocenters. The van der Waals surface area contributed by atoms with Gasteiger partial charge in [0, 0.05) is 34.7 Å². The summed E-state index contributed by atoms with van der Waals surface area (Å²) < 4.78 is 1.04. The molecule has 88 valence electrons. The fraction of sp³-hybridized carbons (Fsp3) is 0.167. The number of anilines is 1. The van der Waals surface area contributed by atoms with E-state index in [1.54, 1.807) is 0 Å². The van der Waals surface area contributed by atoms with Crippen LogP contribution in [0.3, 0.4) is 0 Å². The summed E-state index contributed by atoms with van der Waals surface area (Å²) in [6.45, 7) is 0.761. The first-order chi connectivity index (χ1) is 8.31. The maximum Gasteiger partial charge on any atom is 0.222 e. The van der Waals surface area contributed by atoms with Crippen molar-refractivity contribution >= 4 is 34.5 Å². The molecule has 0 aliphatic rings. The van der Waals surface area contributed by atoms with E-state index < -0.39 is 0 Å². The second-order valence-corrected chi connectivity index (χ2v) is 4.73. The van der Waals surface area contributed by atoms with Crippen molar-refractivity contribution in [2.75, 3.05) is 17.6 Å². The Labute approximate surface area is 114 Å². The van der Waals surface area contributed by atoms with Crippen LogP contribution >= 0.6 is 28.6 Å². The van der Waals surface area contributed by atoms with E-state index in [9.17, 15) is 0 Å². The van der Waals surface area contributed by atoms with Gasteiger partial charge in [-0.2, -0.15) is 12.6 Å². The Morgan fingerprint density at radius 2 is 1.88 bits per heavy atom. The van der Waals surface area contributed by atoms with Gasteiger partial charge in [0.15, 0.2) is 0 Å². The van der Waals surface area contributed by atoms with Crippen LogP contribution < -0.4 is 5.32 Å². The third-order valence-electron chi connectivity index (χ3n) is 2.23. The van der Waals surface area contributed by atoms with E-state index in [-0.39, 0.29) is 0 Å². The topological polar surface area (TPSA) is 37.8 Å². The molecule has 2 aromatic rings. The molecule has 0 spiro atoms. The second kappa shape index (κ2) is 6.02. The number of rotatable bonds is 4. The molecule has 0 saturated carbocycles. The molecule has 0 saturated heterocycles. The Morgan fingerprint density at radius 1 is 1.18 bits per heavy atom. The molecule has 0 unspecified atom stereocenters. The SMILES string of the molecule is SCCNc1ncc(-c2ccccc2Br)cn1. The average Bonchev–Trinajstić information content (AvgIpc) is 2.38. The summed E-state index contributed by atoms with van der Waals surface area (Å²) in [4.78, 5) is 8.51. The van der Waals surface area contributed by atoms with E-state index in [2.05, 4.69) is 43.8 Å². The molecular formula is C12H12BrN3S.